The molecule has 0 atom stereocenters. The smallest absolute Gasteiger partial charge is 0.271 e. The van der Waals surface area contributed by atoms with E-state index in [0.29, 0.717) is 5.56 Å². The summed E-state index contributed by atoms with van der Waals surface area (Å²) in [7, 11) is 0. The third-order valence-corrected chi connectivity index (χ3v) is 2.81. The summed E-state index contributed by atoms with van der Waals surface area (Å²) in [5.74, 6) is -1.30. The maximum Gasteiger partial charge on any atom is 0.271 e. The lowest BCUT2D eigenvalue weighted by Gasteiger charge is -2.07. The predicted molar refractivity (Wildman–Crippen MR) is 75.0 cm³/mol. The zero-order valence-corrected chi connectivity index (χ0v) is 11.5. The number of nitrogens with zero attached hydrogens (tertiary/aromatic N) is 1. The van der Waals surface area contributed by atoms with E-state index < -0.39 is 11.8 Å². The van der Waals surface area contributed by atoms with Crippen LogP contribution in [-0.4, -0.2) is 16.8 Å². The Morgan fingerprint density at radius 1 is 1.10 bits per heavy atom. The van der Waals surface area contributed by atoms with Gasteiger partial charge in [0.15, 0.2) is 0 Å². The van der Waals surface area contributed by atoms with Crippen LogP contribution in [0.15, 0.2) is 42.6 Å². The lowest BCUT2D eigenvalue weighted by Crippen LogP contribution is -2.42. The maximum atomic E-state index is 12.7. The van der Waals surface area contributed by atoms with Crippen molar-refractivity contribution < 1.29 is 14.0 Å². The van der Waals surface area contributed by atoms with Crippen molar-refractivity contribution in [1.29, 1.82) is 0 Å². The van der Waals surface area contributed by atoms with Gasteiger partial charge in [0.1, 0.15) is 11.0 Å². The van der Waals surface area contributed by atoms with Gasteiger partial charge in [0, 0.05) is 6.20 Å². The van der Waals surface area contributed by atoms with Gasteiger partial charge in [0.2, 0.25) is 5.91 Å². The first-order chi connectivity index (χ1) is 10.0. The number of pyridine rings is 1. The molecule has 0 saturated heterocycles. The van der Waals surface area contributed by atoms with Gasteiger partial charge in [0.25, 0.3) is 5.91 Å². The molecule has 7 heteroatoms. The van der Waals surface area contributed by atoms with Gasteiger partial charge < -0.3 is 0 Å². The van der Waals surface area contributed by atoms with Gasteiger partial charge in [-0.25, -0.2) is 9.37 Å². The number of halogens is 2. The number of amides is 2. The summed E-state index contributed by atoms with van der Waals surface area (Å²) in [6.07, 6.45) is 1.32. The third-order valence-electron chi connectivity index (χ3n) is 2.58. The minimum atomic E-state index is -0.508. The summed E-state index contributed by atoms with van der Waals surface area (Å²) in [5.41, 5.74) is 5.42. The summed E-state index contributed by atoms with van der Waals surface area (Å²) in [5, 5.41) is 0.270. The summed E-state index contributed by atoms with van der Waals surface area (Å²) >= 11 is 5.61. The van der Waals surface area contributed by atoms with E-state index in [-0.39, 0.29) is 23.0 Å². The van der Waals surface area contributed by atoms with Gasteiger partial charge in [-0.2, -0.15) is 0 Å². The summed E-state index contributed by atoms with van der Waals surface area (Å²) < 4.78 is 12.7. The van der Waals surface area contributed by atoms with Crippen molar-refractivity contribution in [2.24, 2.45) is 0 Å². The first kappa shape index (κ1) is 14.9. The van der Waals surface area contributed by atoms with E-state index >= 15 is 0 Å². The molecule has 5 nitrogen and oxygen atoms in total. The highest BCUT2D eigenvalue weighted by atomic mass is 35.5. The standard InChI is InChI=1S/C14H11ClFN3O2/c15-12-6-3-10(8-17-12)14(21)19-18-13(20)7-9-1-4-11(16)5-2-9/h1-6,8H,7H2,(H,18,20)(H,19,21). The molecule has 2 N–H and O–H groups in total. The molecule has 0 spiro atoms. The Balaban J connectivity index is 1.84. The summed E-state index contributed by atoms with van der Waals surface area (Å²) in [4.78, 5) is 27.1. The highest BCUT2D eigenvalue weighted by Crippen LogP contribution is 2.05. The fourth-order valence-corrected chi connectivity index (χ4v) is 1.65. The van der Waals surface area contributed by atoms with Gasteiger partial charge in [0.05, 0.1) is 12.0 Å². The van der Waals surface area contributed by atoms with Gasteiger partial charge in [-0.15, -0.1) is 0 Å². The van der Waals surface area contributed by atoms with Gasteiger partial charge in [-0.3, -0.25) is 20.4 Å². The number of hydrazine groups is 1. The molecular formula is C14H11ClFN3O2. The van der Waals surface area contributed by atoms with E-state index in [1.165, 1.54) is 42.6 Å². The van der Waals surface area contributed by atoms with Crippen LogP contribution in [0.25, 0.3) is 0 Å². The molecule has 2 aromatic rings. The minimum Gasteiger partial charge on any atom is -0.273 e. The molecule has 0 bridgehead atoms. The Bertz CT molecular complexity index is 644. The monoisotopic (exact) mass is 307 g/mol. The number of carbonyl (C=O) groups excluding carboxylic acids is 2. The van der Waals surface area contributed by atoms with E-state index in [4.69, 9.17) is 11.6 Å². The largest absolute Gasteiger partial charge is 0.273 e. The van der Waals surface area contributed by atoms with Crippen LogP contribution >= 0.6 is 11.6 Å². The molecule has 0 unspecified atom stereocenters. The normalized spacial score (nSPS) is 10.0. The number of benzene rings is 1. The lowest BCUT2D eigenvalue weighted by atomic mass is 10.1. The third kappa shape index (κ3) is 4.54. The predicted octanol–water partition coefficient (Wildman–Crippen LogP) is 1.88. The minimum absolute atomic E-state index is 0.0272. The average molecular weight is 308 g/mol. The van der Waals surface area contributed by atoms with Crippen molar-refractivity contribution in [3.05, 3.63) is 64.7 Å². The van der Waals surface area contributed by atoms with Crippen LogP contribution in [0, 0.1) is 5.82 Å². The van der Waals surface area contributed by atoms with Gasteiger partial charge >= 0.3 is 0 Å². The van der Waals surface area contributed by atoms with Crippen molar-refractivity contribution >= 4 is 23.4 Å². The van der Waals surface area contributed by atoms with Gasteiger partial charge in [-0.1, -0.05) is 23.7 Å². The molecule has 108 valence electrons. The Kier molecular flexibility index (Phi) is 4.84. The van der Waals surface area contributed by atoms with Crippen molar-refractivity contribution in [3.63, 3.8) is 0 Å². The average Bonchev–Trinajstić information content (AvgIpc) is 2.48. The molecule has 0 fully saturated rings. The Labute approximate surface area is 125 Å². The van der Waals surface area contributed by atoms with Crippen LogP contribution in [0.2, 0.25) is 5.15 Å². The van der Waals surface area contributed by atoms with E-state index in [0.717, 1.165) is 0 Å². The number of rotatable bonds is 3. The zero-order chi connectivity index (χ0) is 15.2. The summed E-state index contributed by atoms with van der Waals surface area (Å²) in [6, 6.07) is 8.48. The number of hydrogen-bond donors (Lipinski definition) is 2. The van der Waals surface area contributed by atoms with Crippen LogP contribution in [-0.2, 0) is 11.2 Å². The molecule has 0 radical (unpaired) electrons. The molecule has 0 saturated carbocycles. The van der Waals surface area contributed by atoms with E-state index in [1.54, 1.807) is 0 Å². The van der Waals surface area contributed by atoms with Crippen LogP contribution < -0.4 is 10.9 Å². The molecule has 1 aromatic heterocycles. The zero-order valence-electron chi connectivity index (χ0n) is 10.8. The Morgan fingerprint density at radius 3 is 2.43 bits per heavy atom. The molecular weight excluding hydrogens is 297 g/mol. The quantitative estimate of drug-likeness (QED) is 0.672. The molecule has 21 heavy (non-hydrogen) atoms. The molecule has 1 heterocycles. The highest BCUT2D eigenvalue weighted by Gasteiger charge is 2.08. The first-order valence-electron chi connectivity index (χ1n) is 6.00. The SMILES string of the molecule is O=C(Cc1ccc(F)cc1)NNC(=O)c1ccc(Cl)nc1. The Hall–Kier alpha value is -2.47. The fourth-order valence-electron chi connectivity index (χ4n) is 1.54. The maximum absolute atomic E-state index is 12.7. The molecule has 2 amide bonds. The molecule has 2 rings (SSSR count). The number of carbonyl (C=O) groups is 2. The molecule has 0 aliphatic heterocycles. The number of hydrogen-bond acceptors (Lipinski definition) is 3. The fraction of sp³-hybridized carbons (Fsp3) is 0.0714. The van der Waals surface area contributed by atoms with Crippen LogP contribution in [0.4, 0.5) is 4.39 Å². The summed E-state index contributed by atoms with van der Waals surface area (Å²) in [6.45, 7) is 0. The van der Waals surface area contributed by atoms with E-state index in [2.05, 4.69) is 15.8 Å². The molecule has 1 aromatic carbocycles. The first-order valence-corrected chi connectivity index (χ1v) is 6.37. The van der Waals surface area contributed by atoms with Crippen LogP contribution in [0.1, 0.15) is 15.9 Å². The van der Waals surface area contributed by atoms with E-state index in [9.17, 15) is 14.0 Å². The van der Waals surface area contributed by atoms with Gasteiger partial charge in [-0.05, 0) is 29.8 Å². The lowest BCUT2D eigenvalue weighted by molar-refractivity contribution is -0.121. The molecule has 0 aliphatic carbocycles. The molecule has 0 aliphatic rings. The van der Waals surface area contributed by atoms with Crippen molar-refractivity contribution in [1.82, 2.24) is 15.8 Å². The second-order valence-electron chi connectivity index (χ2n) is 4.18. The highest BCUT2D eigenvalue weighted by molar-refractivity contribution is 6.29. The topological polar surface area (TPSA) is 71.1 Å². The van der Waals surface area contributed by atoms with Crippen molar-refractivity contribution in [2.45, 2.75) is 6.42 Å². The second kappa shape index (κ2) is 6.81. The van der Waals surface area contributed by atoms with Crippen LogP contribution in [0.3, 0.4) is 0 Å². The van der Waals surface area contributed by atoms with Crippen molar-refractivity contribution in [3.8, 4) is 0 Å². The van der Waals surface area contributed by atoms with E-state index in [1.807, 2.05) is 0 Å². The number of nitrogens with one attached hydrogen (secondary N) is 2. The van der Waals surface area contributed by atoms with Crippen LogP contribution in [0.5, 0.6) is 0 Å². The number of aromatic nitrogens is 1. The second-order valence-corrected chi connectivity index (χ2v) is 4.56. The van der Waals surface area contributed by atoms with Crippen molar-refractivity contribution in [2.75, 3.05) is 0 Å². The Morgan fingerprint density at radius 2 is 1.81 bits per heavy atom.